The molecule has 1 atom stereocenters. The third-order valence-corrected chi connectivity index (χ3v) is 7.06. The monoisotopic (exact) mass is 495 g/mol. The van der Waals surface area contributed by atoms with Crippen molar-refractivity contribution in [2.24, 2.45) is 5.92 Å². The maximum atomic E-state index is 13.4. The number of anilines is 1. The Bertz CT molecular complexity index is 1070. The summed E-state index contributed by atoms with van der Waals surface area (Å²) in [6.45, 7) is 2.78. The van der Waals surface area contributed by atoms with Crippen LogP contribution in [0.15, 0.2) is 30.5 Å². The number of nitrogens with zero attached hydrogens (tertiary/aromatic N) is 3. The molecule has 2 fully saturated rings. The molecule has 2 aromatic rings. The molecule has 1 amide bonds. The lowest BCUT2D eigenvalue weighted by Gasteiger charge is -2.36. The van der Waals surface area contributed by atoms with Gasteiger partial charge in [-0.1, -0.05) is 17.7 Å². The fourth-order valence-corrected chi connectivity index (χ4v) is 5.32. The first-order chi connectivity index (χ1) is 16.3. The van der Waals surface area contributed by atoms with Gasteiger partial charge in [-0.25, -0.2) is 4.98 Å². The van der Waals surface area contributed by atoms with Crippen LogP contribution in [0.4, 0.5) is 19.0 Å². The van der Waals surface area contributed by atoms with Gasteiger partial charge in [0.25, 0.3) is 0 Å². The molecular weight excluding hydrogens is 471 g/mol. The molecule has 34 heavy (non-hydrogen) atoms. The average Bonchev–Trinajstić information content (AvgIpc) is 3.33. The van der Waals surface area contributed by atoms with Crippen molar-refractivity contribution >= 4 is 23.3 Å². The minimum Gasteiger partial charge on any atom is -0.486 e. The number of carbonyl (C=O) groups is 1. The van der Waals surface area contributed by atoms with Gasteiger partial charge in [0.2, 0.25) is 5.91 Å². The molecule has 2 saturated heterocycles. The molecule has 1 aromatic heterocycles. The van der Waals surface area contributed by atoms with E-state index in [0.717, 1.165) is 42.2 Å². The minimum absolute atomic E-state index is 0.00683. The smallest absolute Gasteiger partial charge is 0.417 e. The summed E-state index contributed by atoms with van der Waals surface area (Å²) in [5.74, 6) is 1.77. The van der Waals surface area contributed by atoms with Crippen LogP contribution in [0.2, 0.25) is 5.02 Å². The third-order valence-electron chi connectivity index (χ3n) is 6.78. The van der Waals surface area contributed by atoms with Crippen LogP contribution < -0.4 is 14.4 Å². The number of likely N-dealkylation sites (tertiary alicyclic amines) is 1. The van der Waals surface area contributed by atoms with Crippen LogP contribution in [0, 0.1) is 5.92 Å². The number of pyridine rings is 1. The van der Waals surface area contributed by atoms with Crippen molar-refractivity contribution < 1.29 is 27.4 Å². The van der Waals surface area contributed by atoms with Crippen LogP contribution in [0.25, 0.3) is 0 Å². The lowest BCUT2D eigenvalue weighted by atomic mass is 9.94. The van der Waals surface area contributed by atoms with Gasteiger partial charge in [0.1, 0.15) is 19.0 Å². The van der Waals surface area contributed by atoms with Gasteiger partial charge in [-0.3, -0.25) is 4.79 Å². The van der Waals surface area contributed by atoms with E-state index in [-0.39, 0.29) is 22.9 Å². The summed E-state index contributed by atoms with van der Waals surface area (Å²) < 4.78 is 50.0. The lowest BCUT2D eigenvalue weighted by Crippen LogP contribution is -2.42. The quantitative estimate of drug-likeness (QED) is 0.592. The maximum absolute atomic E-state index is 13.4. The van der Waals surface area contributed by atoms with E-state index < -0.39 is 11.7 Å². The predicted molar refractivity (Wildman–Crippen MR) is 120 cm³/mol. The van der Waals surface area contributed by atoms with Crippen LogP contribution in [0.5, 0.6) is 11.5 Å². The summed E-state index contributed by atoms with van der Waals surface area (Å²) >= 11 is 6.11. The summed E-state index contributed by atoms with van der Waals surface area (Å²) in [5.41, 5.74) is 0.179. The van der Waals surface area contributed by atoms with E-state index in [1.54, 1.807) is 0 Å². The first-order valence-electron chi connectivity index (χ1n) is 11.5. The zero-order valence-corrected chi connectivity index (χ0v) is 19.2. The Labute approximate surface area is 200 Å². The lowest BCUT2D eigenvalue weighted by molar-refractivity contribution is -0.138. The number of piperidine rings is 1. The van der Waals surface area contributed by atoms with Gasteiger partial charge < -0.3 is 19.3 Å². The Morgan fingerprint density at radius 3 is 2.47 bits per heavy atom. The van der Waals surface area contributed by atoms with Gasteiger partial charge >= 0.3 is 6.18 Å². The number of amides is 1. The highest BCUT2D eigenvalue weighted by Crippen LogP contribution is 2.40. The summed E-state index contributed by atoms with van der Waals surface area (Å²) in [4.78, 5) is 21.2. The summed E-state index contributed by atoms with van der Waals surface area (Å²) in [7, 11) is 0. The third kappa shape index (κ3) is 4.50. The van der Waals surface area contributed by atoms with Gasteiger partial charge in [-0.15, -0.1) is 0 Å². The zero-order chi connectivity index (χ0) is 23.9. The Hall–Kier alpha value is -2.68. The van der Waals surface area contributed by atoms with Crippen molar-refractivity contribution in [3.05, 3.63) is 46.6 Å². The van der Waals surface area contributed by atoms with Crippen molar-refractivity contribution in [2.75, 3.05) is 37.7 Å². The number of hydrogen-bond acceptors (Lipinski definition) is 5. The molecule has 0 saturated carbocycles. The topological polar surface area (TPSA) is 54.9 Å². The number of aromatic nitrogens is 1. The van der Waals surface area contributed by atoms with Crippen LogP contribution in [-0.2, 0) is 11.0 Å². The normalized spacial score (nSPS) is 21.1. The molecule has 1 unspecified atom stereocenters. The van der Waals surface area contributed by atoms with E-state index in [0.29, 0.717) is 51.5 Å². The van der Waals surface area contributed by atoms with E-state index in [9.17, 15) is 18.0 Å². The Kier molecular flexibility index (Phi) is 6.22. The zero-order valence-electron chi connectivity index (χ0n) is 18.5. The van der Waals surface area contributed by atoms with Gasteiger partial charge in [-0.2, -0.15) is 13.2 Å². The molecule has 3 aliphatic rings. The Morgan fingerprint density at radius 2 is 1.76 bits per heavy atom. The molecule has 0 aliphatic carbocycles. The minimum atomic E-state index is -4.49. The standard InChI is InChI=1S/C24H25ClF3N3O3/c25-18-13-17(24(26,27)28)14-29-22(18)30-8-5-15(6-9-30)23(32)31-7-1-2-19(31)16-3-4-20-21(12-16)34-11-10-33-20/h3-4,12-15,19H,1-2,5-11H2. The Balaban J connectivity index is 1.24. The highest BCUT2D eigenvalue weighted by atomic mass is 35.5. The molecular formula is C24H25ClF3N3O3. The number of rotatable bonds is 3. The number of hydrogen-bond donors (Lipinski definition) is 0. The molecule has 5 rings (SSSR count). The summed E-state index contributed by atoms with van der Waals surface area (Å²) in [6, 6.07) is 6.80. The maximum Gasteiger partial charge on any atom is 0.417 e. The van der Waals surface area contributed by atoms with E-state index in [4.69, 9.17) is 21.1 Å². The van der Waals surface area contributed by atoms with E-state index in [1.165, 1.54) is 0 Å². The van der Waals surface area contributed by atoms with Gasteiger partial charge in [0.05, 0.1) is 16.6 Å². The molecule has 0 radical (unpaired) electrons. The second kappa shape index (κ2) is 9.17. The average molecular weight is 496 g/mol. The molecule has 0 spiro atoms. The van der Waals surface area contributed by atoms with Crippen molar-refractivity contribution in [1.82, 2.24) is 9.88 Å². The molecule has 10 heteroatoms. The molecule has 1 aromatic carbocycles. The second-order valence-electron chi connectivity index (χ2n) is 8.88. The van der Waals surface area contributed by atoms with Gasteiger partial charge in [0, 0.05) is 31.7 Å². The number of halogens is 4. The van der Waals surface area contributed by atoms with Crippen molar-refractivity contribution in [3.8, 4) is 11.5 Å². The van der Waals surface area contributed by atoms with Crippen molar-refractivity contribution in [3.63, 3.8) is 0 Å². The van der Waals surface area contributed by atoms with Crippen molar-refractivity contribution in [2.45, 2.75) is 37.9 Å². The second-order valence-corrected chi connectivity index (χ2v) is 9.29. The fourth-order valence-electron chi connectivity index (χ4n) is 5.04. The van der Waals surface area contributed by atoms with Crippen LogP contribution in [-0.4, -0.2) is 48.6 Å². The number of ether oxygens (including phenoxy) is 2. The fraction of sp³-hybridized carbons (Fsp3) is 0.500. The molecule has 182 valence electrons. The van der Waals surface area contributed by atoms with Crippen molar-refractivity contribution in [1.29, 1.82) is 0 Å². The first kappa shape index (κ1) is 23.1. The van der Waals surface area contributed by atoms with Crippen LogP contribution in [0.3, 0.4) is 0 Å². The molecule has 6 nitrogen and oxygen atoms in total. The number of fused-ring (bicyclic) bond motifs is 1. The van der Waals surface area contributed by atoms with Crippen LogP contribution >= 0.6 is 11.6 Å². The molecule has 0 bridgehead atoms. The van der Waals surface area contributed by atoms with Gasteiger partial charge in [0.15, 0.2) is 11.5 Å². The van der Waals surface area contributed by atoms with E-state index in [2.05, 4.69) is 4.98 Å². The summed E-state index contributed by atoms with van der Waals surface area (Å²) in [5, 5.41) is -0.0298. The first-order valence-corrected chi connectivity index (χ1v) is 11.9. The highest BCUT2D eigenvalue weighted by Gasteiger charge is 2.37. The Morgan fingerprint density at radius 1 is 1.03 bits per heavy atom. The summed E-state index contributed by atoms with van der Waals surface area (Å²) in [6.07, 6.45) is -0.646. The van der Waals surface area contributed by atoms with Gasteiger partial charge in [-0.05, 0) is 49.4 Å². The van der Waals surface area contributed by atoms with E-state index in [1.807, 2.05) is 28.0 Å². The SMILES string of the molecule is O=C(C1CCN(c2ncc(C(F)(F)F)cc2Cl)CC1)N1CCCC1c1ccc2c(c1)OCCO2. The predicted octanol–water partition coefficient (Wildman–Crippen LogP) is 5.11. The molecule has 3 aliphatic heterocycles. The molecule has 4 heterocycles. The largest absolute Gasteiger partial charge is 0.486 e. The van der Waals surface area contributed by atoms with Crippen LogP contribution in [0.1, 0.15) is 42.9 Å². The number of alkyl halides is 3. The number of carbonyl (C=O) groups excluding carboxylic acids is 1. The highest BCUT2D eigenvalue weighted by molar-refractivity contribution is 6.33. The van der Waals surface area contributed by atoms with E-state index >= 15 is 0 Å². The molecule has 0 N–H and O–H groups in total. The number of benzene rings is 1.